The SMILES string of the molecule is C=CCOCC1(CC)COC1.CCC1(COCC2(CC)COC2)COC1. The van der Waals surface area contributed by atoms with E-state index in [2.05, 4.69) is 27.4 Å². The highest BCUT2D eigenvalue weighted by molar-refractivity contribution is 4.87. The van der Waals surface area contributed by atoms with E-state index < -0.39 is 0 Å². The molecule has 5 heteroatoms. The molecule has 0 saturated carbocycles. The molecule has 0 aliphatic carbocycles. The van der Waals surface area contributed by atoms with Gasteiger partial charge in [0.25, 0.3) is 0 Å². The van der Waals surface area contributed by atoms with Crippen molar-refractivity contribution in [3.05, 3.63) is 12.7 Å². The second-order valence-corrected chi connectivity index (χ2v) is 8.34. The predicted molar refractivity (Wildman–Crippen MR) is 102 cm³/mol. The summed E-state index contributed by atoms with van der Waals surface area (Å²) in [6.07, 6.45) is 5.23. The first-order valence-electron chi connectivity index (χ1n) is 10.1. The maximum absolute atomic E-state index is 5.87. The van der Waals surface area contributed by atoms with Crippen LogP contribution in [0.3, 0.4) is 0 Å². The van der Waals surface area contributed by atoms with Gasteiger partial charge >= 0.3 is 0 Å². The van der Waals surface area contributed by atoms with E-state index in [0.717, 1.165) is 78.7 Å². The Balaban J connectivity index is 0.000000197. The number of hydrogen-bond donors (Lipinski definition) is 0. The zero-order valence-corrected chi connectivity index (χ0v) is 17.0. The third kappa shape index (κ3) is 5.52. The van der Waals surface area contributed by atoms with Gasteiger partial charge in [-0.05, 0) is 19.3 Å². The molecule has 3 heterocycles. The van der Waals surface area contributed by atoms with Gasteiger partial charge in [-0.1, -0.05) is 26.8 Å². The molecule has 0 spiro atoms. The average molecular weight is 371 g/mol. The van der Waals surface area contributed by atoms with Crippen molar-refractivity contribution in [2.45, 2.75) is 40.0 Å². The van der Waals surface area contributed by atoms with Gasteiger partial charge in [-0.2, -0.15) is 0 Å². The molecule has 0 radical (unpaired) electrons. The van der Waals surface area contributed by atoms with Crippen molar-refractivity contribution in [1.29, 1.82) is 0 Å². The molecule has 3 aliphatic rings. The van der Waals surface area contributed by atoms with Crippen LogP contribution in [0, 0.1) is 16.2 Å². The molecule has 3 aliphatic heterocycles. The molecule has 5 nitrogen and oxygen atoms in total. The molecule has 0 bridgehead atoms. The summed E-state index contributed by atoms with van der Waals surface area (Å²) in [4.78, 5) is 0. The van der Waals surface area contributed by atoms with Crippen molar-refractivity contribution in [3.63, 3.8) is 0 Å². The van der Waals surface area contributed by atoms with Crippen LogP contribution in [0.15, 0.2) is 12.7 Å². The predicted octanol–water partition coefficient (Wildman–Crippen LogP) is 3.47. The summed E-state index contributed by atoms with van der Waals surface area (Å²) in [7, 11) is 0. The maximum atomic E-state index is 5.87. The summed E-state index contributed by atoms with van der Waals surface area (Å²) in [5.41, 5.74) is 0.960. The Morgan fingerprint density at radius 1 is 0.692 bits per heavy atom. The second-order valence-electron chi connectivity index (χ2n) is 8.34. The van der Waals surface area contributed by atoms with E-state index >= 15 is 0 Å². The van der Waals surface area contributed by atoms with E-state index in [9.17, 15) is 0 Å². The first-order chi connectivity index (χ1) is 12.6. The molecule has 3 saturated heterocycles. The molecule has 3 fully saturated rings. The molecule has 0 N–H and O–H groups in total. The molecular formula is C21H38O5. The minimum atomic E-state index is 0.319. The monoisotopic (exact) mass is 370 g/mol. The molecule has 0 aromatic carbocycles. The highest BCUT2D eigenvalue weighted by Gasteiger charge is 2.40. The molecular weight excluding hydrogens is 332 g/mol. The lowest BCUT2D eigenvalue weighted by atomic mass is 9.83. The van der Waals surface area contributed by atoms with Crippen molar-refractivity contribution in [2.75, 3.05) is 66.1 Å². The van der Waals surface area contributed by atoms with Crippen molar-refractivity contribution < 1.29 is 23.7 Å². The van der Waals surface area contributed by atoms with Gasteiger partial charge in [-0.25, -0.2) is 0 Å². The fourth-order valence-electron chi connectivity index (χ4n) is 3.18. The van der Waals surface area contributed by atoms with E-state index in [1.807, 2.05) is 0 Å². The van der Waals surface area contributed by atoms with Gasteiger partial charge in [-0.15, -0.1) is 6.58 Å². The van der Waals surface area contributed by atoms with E-state index in [4.69, 9.17) is 23.7 Å². The minimum absolute atomic E-state index is 0.319. The largest absolute Gasteiger partial charge is 0.380 e. The van der Waals surface area contributed by atoms with E-state index in [0.29, 0.717) is 22.9 Å². The van der Waals surface area contributed by atoms with Crippen LogP contribution in [-0.2, 0) is 23.7 Å². The molecule has 3 rings (SSSR count). The van der Waals surface area contributed by atoms with Crippen molar-refractivity contribution in [1.82, 2.24) is 0 Å². The van der Waals surface area contributed by atoms with Crippen LogP contribution in [0.2, 0.25) is 0 Å². The fourth-order valence-corrected chi connectivity index (χ4v) is 3.18. The molecule has 152 valence electrons. The maximum Gasteiger partial charge on any atom is 0.0645 e. The highest BCUT2D eigenvalue weighted by Crippen LogP contribution is 2.35. The van der Waals surface area contributed by atoms with Gasteiger partial charge in [0.2, 0.25) is 0 Å². The van der Waals surface area contributed by atoms with E-state index in [1.54, 1.807) is 6.08 Å². The van der Waals surface area contributed by atoms with E-state index in [1.165, 1.54) is 0 Å². The van der Waals surface area contributed by atoms with Gasteiger partial charge < -0.3 is 23.7 Å². The Bertz CT molecular complexity index is 372. The van der Waals surface area contributed by atoms with Crippen molar-refractivity contribution >= 4 is 0 Å². The lowest BCUT2D eigenvalue weighted by Crippen LogP contribution is -2.49. The summed E-state index contributed by atoms with van der Waals surface area (Å²) < 4.78 is 27.0. The Hall–Kier alpha value is -0.460. The minimum Gasteiger partial charge on any atom is -0.380 e. The van der Waals surface area contributed by atoms with Gasteiger partial charge in [0.05, 0.1) is 66.1 Å². The third-order valence-electron chi connectivity index (χ3n) is 6.16. The molecule has 0 unspecified atom stereocenters. The van der Waals surface area contributed by atoms with Crippen LogP contribution >= 0.6 is 0 Å². The van der Waals surface area contributed by atoms with Gasteiger partial charge in [0.1, 0.15) is 0 Å². The number of ether oxygens (including phenoxy) is 5. The topological polar surface area (TPSA) is 46.2 Å². The third-order valence-corrected chi connectivity index (χ3v) is 6.16. The van der Waals surface area contributed by atoms with Crippen LogP contribution in [0.4, 0.5) is 0 Å². The van der Waals surface area contributed by atoms with Gasteiger partial charge in [0, 0.05) is 16.2 Å². The summed E-state index contributed by atoms with van der Waals surface area (Å²) in [5.74, 6) is 0. The van der Waals surface area contributed by atoms with Crippen LogP contribution in [0.5, 0.6) is 0 Å². The van der Waals surface area contributed by atoms with Gasteiger partial charge in [-0.3, -0.25) is 0 Å². The number of rotatable bonds is 11. The zero-order chi connectivity index (χ0) is 18.9. The summed E-state index contributed by atoms with van der Waals surface area (Å²) in [5, 5.41) is 0. The smallest absolute Gasteiger partial charge is 0.0645 e. The highest BCUT2D eigenvalue weighted by atomic mass is 16.5. The molecule has 0 aromatic rings. The van der Waals surface area contributed by atoms with E-state index in [-0.39, 0.29) is 0 Å². The fraction of sp³-hybridized carbons (Fsp3) is 0.905. The van der Waals surface area contributed by atoms with Crippen molar-refractivity contribution in [3.8, 4) is 0 Å². The molecule has 0 aromatic heterocycles. The standard InChI is InChI=1S/C12H22O3.C9H16O2/c1-3-11(5-13-6-11)9-15-10-12(4-2)7-14-8-12;1-3-5-10-6-9(4-2)7-11-8-9/h3-10H2,1-2H3;3H,1,4-8H2,2H3. The Kier molecular flexibility index (Phi) is 8.55. The van der Waals surface area contributed by atoms with Crippen LogP contribution in [0.1, 0.15) is 40.0 Å². The van der Waals surface area contributed by atoms with Gasteiger partial charge in [0.15, 0.2) is 0 Å². The normalized spacial score (nSPS) is 24.3. The lowest BCUT2D eigenvalue weighted by molar-refractivity contribution is -0.187. The average Bonchev–Trinajstić information content (AvgIpc) is 2.56. The molecule has 0 atom stereocenters. The first-order valence-corrected chi connectivity index (χ1v) is 10.1. The van der Waals surface area contributed by atoms with Crippen molar-refractivity contribution in [2.24, 2.45) is 16.2 Å². The summed E-state index contributed by atoms with van der Waals surface area (Å²) in [6.45, 7) is 18.6. The zero-order valence-electron chi connectivity index (χ0n) is 17.0. The van der Waals surface area contributed by atoms with Crippen LogP contribution in [-0.4, -0.2) is 66.1 Å². The quantitative estimate of drug-likeness (QED) is 0.412. The number of hydrogen-bond acceptors (Lipinski definition) is 5. The Morgan fingerprint density at radius 2 is 1.04 bits per heavy atom. The molecule has 0 amide bonds. The Morgan fingerprint density at radius 3 is 1.27 bits per heavy atom. The first kappa shape index (κ1) is 21.8. The summed E-state index contributed by atoms with van der Waals surface area (Å²) in [6, 6.07) is 0. The lowest BCUT2D eigenvalue weighted by Gasteiger charge is -2.44. The van der Waals surface area contributed by atoms with Crippen LogP contribution < -0.4 is 0 Å². The Labute approximate surface area is 159 Å². The second kappa shape index (κ2) is 10.2. The summed E-state index contributed by atoms with van der Waals surface area (Å²) >= 11 is 0. The molecule has 26 heavy (non-hydrogen) atoms. The van der Waals surface area contributed by atoms with Crippen LogP contribution in [0.25, 0.3) is 0 Å².